The number of β-lactam (4-membered cyclic amide) rings is 2. The van der Waals surface area contributed by atoms with E-state index < -0.39 is 48.0 Å². The molecular weight excluding hydrogens is 881 g/mol. The number of carbonyl (C=O) groups excluding carboxylic acids is 7. The van der Waals surface area contributed by atoms with Crippen LogP contribution in [0.25, 0.3) is 0 Å². The van der Waals surface area contributed by atoms with E-state index in [9.17, 15) is 33.6 Å². The monoisotopic (exact) mass is 949 g/mol. The zero-order valence-electron chi connectivity index (χ0n) is 39.8. The highest BCUT2D eigenvalue weighted by Crippen LogP contribution is 2.33. The lowest BCUT2D eigenvalue weighted by Gasteiger charge is -2.46. The van der Waals surface area contributed by atoms with E-state index in [0.29, 0.717) is 64.3 Å². The van der Waals surface area contributed by atoms with Crippen molar-refractivity contribution in [3.63, 3.8) is 0 Å². The van der Waals surface area contributed by atoms with E-state index in [4.69, 9.17) is 24.7 Å². The Morgan fingerprint density at radius 1 is 0.779 bits per heavy atom. The summed E-state index contributed by atoms with van der Waals surface area (Å²) in [6.07, 6.45) is 1.41. The number of benzene rings is 2. The normalized spacial score (nSPS) is 18.8. The first-order valence-electron chi connectivity index (χ1n) is 22.9. The number of urea groups is 2. The highest BCUT2D eigenvalue weighted by molar-refractivity contribution is 6.08. The summed E-state index contributed by atoms with van der Waals surface area (Å²) < 4.78 is 21.0. The molecule has 2 unspecified atom stereocenters. The Bertz CT molecular complexity index is 2040. The number of carbonyl (C=O) groups is 7. The van der Waals surface area contributed by atoms with E-state index in [2.05, 4.69) is 38.2 Å². The number of hydrogen-bond acceptors (Lipinski definition) is 14. The number of nitrogens with one attached hydrogen (secondary N) is 5. The molecule has 3 fully saturated rings. The van der Waals surface area contributed by atoms with Gasteiger partial charge in [-0.3, -0.25) is 14.9 Å². The molecule has 3 heterocycles. The summed E-state index contributed by atoms with van der Waals surface area (Å²) in [6.45, 7) is 15.8. The number of rotatable bonds is 19. The molecule has 2 aromatic carbocycles. The van der Waals surface area contributed by atoms with Crippen LogP contribution in [-0.4, -0.2) is 139 Å². The molecule has 21 heteroatoms. The molecule has 0 aliphatic carbocycles. The Hall–Kier alpha value is -6.90. The highest BCUT2D eigenvalue weighted by Gasteiger charge is 2.56. The van der Waals surface area contributed by atoms with Crippen molar-refractivity contribution in [2.45, 2.75) is 91.1 Å². The quantitative estimate of drug-likeness (QED) is 0.0296. The van der Waals surface area contributed by atoms with Crippen LogP contribution < -0.4 is 32.3 Å². The van der Waals surface area contributed by atoms with Gasteiger partial charge in [0.1, 0.15) is 19.4 Å². The van der Waals surface area contributed by atoms with Crippen LogP contribution in [0.2, 0.25) is 0 Å². The van der Waals surface area contributed by atoms with Crippen LogP contribution in [0, 0.1) is 11.8 Å². The Labute approximate surface area is 397 Å². The number of aliphatic imine (C=N–C) groups is 1. The second-order valence-corrected chi connectivity index (χ2v) is 17.1. The van der Waals surface area contributed by atoms with Crippen molar-refractivity contribution in [2.75, 3.05) is 59.2 Å². The van der Waals surface area contributed by atoms with Crippen LogP contribution in [-0.2, 0) is 51.3 Å². The third kappa shape index (κ3) is 17.1. The van der Waals surface area contributed by atoms with Crippen molar-refractivity contribution < 1.29 is 52.5 Å². The zero-order chi connectivity index (χ0) is 49.6. The summed E-state index contributed by atoms with van der Waals surface area (Å²) in [7, 11) is 0. The molecule has 372 valence electrons. The van der Waals surface area contributed by atoms with Crippen molar-refractivity contribution in [1.29, 1.82) is 0 Å². The second kappa shape index (κ2) is 27.0. The predicted octanol–water partition coefficient (Wildman–Crippen LogP) is 2.91. The van der Waals surface area contributed by atoms with Gasteiger partial charge in [-0.05, 0) is 71.4 Å². The molecule has 68 heavy (non-hydrogen) atoms. The van der Waals surface area contributed by atoms with Crippen LogP contribution in [0.4, 0.5) is 14.4 Å². The lowest BCUT2D eigenvalue weighted by molar-refractivity contribution is -0.170. The summed E-state index contributed by atoms with van der Waals surface area (Å²) >= 11 is 0. The maximum Gasteiger partial charge on any atom is 0.414 e. The number of guanidine groups is 1. The van der Waals surface area contributed by atoms with Crippen molar-refractivity contribution >= 4 is 47.9 Å². The van der Waals surface area contributed by atoms with Gasteiger partial charge in [-0.25, -0.2) is 33.9 Å². The molecule has 0 aromatic heterocycles. The Morgan fingerprint density at radius 2 is 1.34 bits per heavy atom. The van der Waals surface area contributed by atoms with Gasteiger partial charge in [-0.15, -0.1) is 0 Å². The van der Waals surface area contributed by atoms with E-state index in [1.807, 2.05) is 81.4 Å². The largest absolute Gasteiger partial charge is 0.464 e. The van der Waals surface area contributed by atoms with Gasteiger partial charge in [0.15, 0.2) is 6.04 Å². The second-order valence-electron chi connectivity index (χ2n) is 17.1. The number of imide groups is 1. The zero-order valence-corrected chi connectivity index (χ0v) is 39.8. The third-order valence-corrected chi connectivity index (χ3v) is 10.7. The fraction of sp³-hybridized carbons (Fsp3) is 0.532. The molecule has 21 nitrogen and oxygen atoms in total. The number of ether oxygens (including phenoxy) is 4. The molecule has 7 amide bonds. The minimum absolute atomic E-state index is 0.0200. The first kappa shape index (κ1) is 53.7. The van der Waals surface area contributed by atoms with Gasteiger partial charge in [0, 0.05) is 44.8 Å². The van der Waals surface area contributed by atoms with Crippen molar-refractivity contribution in [3.8, 4) is 0 Å². The van der Waals surface area contributed by atoms with Crippen molar-refractivity contribution in [3.05, 3.63) is 84.2 Å². The molecule has 3 saturated heterocycles. The summed E-state index contributed by atoms with van der Waals surface area (Å²) in [5.74, 6) is -2.05. The fourth-order valence-electron chi connectivity index (χ4n) is 7.31. The van der Waals surface area contributed by atoms with Gasteiger partial charge < -0.3 is 55.7 Å². The van der Waals surface area contributed by atoms with Gasteiger partial charge in [0.25, 0.3) is 0 Å². The highest BCUT2D eigenvalue weighted by atomic mass is 16.6. The van der Waals surface area contributed by atoms with E-state index in [1.54, 1.807) is 18.7 Å². The predicted molar refractivity (Wildman–Crippen MR) is 251 cm³/mol. The molecule has 7 N–H and O–H groups in total. The number of likely N-dealkylation sites (tertiary alicyclic amines) is 1. The molecule has 3 aliphatic rings. The molecule has 5 rings (SSSR count). The molecule has 2 aromatic rings. The summed E-state index contributed by atoms with van der Waals surface area (Å²) in [5, 5.41) is 14.0. The minimum atomic E-state index is -0.932. The maximum atomic E-state index is 13.0. The van der Waals surface area contributed by atoms with Gasteiger partial charge in [-0.1, -0.05) is 67.2 Å². The van der Waals surface area contributed by atoms with E-state index in [0.717, 1.165) is 16.0 Å². The topological polar surface area (TPSA) is 265 Å². The molecule has 4 atom stereocenters. The number of nitrogens with two attached hydrogens (primary N) is 1. The molecular formula is C47H68N10O11. The van der Waals surface area contributed by atoms with Crippen LogP contribution in [0.1, 0.15) is 71.4 Å². The Balaban J connectivity index is 0.000000299. The summed E-state index contributed by atoms with van der Waals surface area (Å²) in [5.41, 5.74) is 6.98. The number of esters is 2. The number of hydrogen-bond donors (Lipinski definition) is 6. The maximum absolute atomic E-state index is 13.0. The number of alkyl carbamates (subject to hydrolysis) is 1. The van der Waals surface area contributed by atoms with Crippen LogP contribution in [0.5, 0.6) is 0 Å². The summed E-state index contributed by atoms with van der Waals surface area (Å²) in [6, 6.07) is 16.8. The molecule has 3 aliphatic heterocycles. The van der Waals surface area contributed by atoms with Crippen LogP contribution in [0.3, 0.4) is 0 Å². The lowest BCUT2D eigenvalue weighted by Crippen LogP contribution is -2.70. The molecule has 0 radical (unpaired) electrons. The van der Waals surface area contributed by atoms with Gasteiger partial charge >= 0.3 is 30.1 Å². The first-order valence-corrected chi connectivity index (χ1v) is 22.9. The third-order valence-electron chi connectivity index (χ3n) is 10.7. The Morgan fingerprint density at radius 3 is 1.91 bits per heavy atom. The molecule has 0 spiro atoms. The van der Waals surface area contributed by atoms with E-state index >= 15 is 0 Å². The number of amides is 7. The molecule has 0 saturated carbocycles. The average Bonchev–Trinajstić information content (AvgIpc) is 3.30. The van der Waals surface area contributed by atoms with Crippen LogP contribution in [0.15, 0.2) is 78.1 Å². The fourth-order valence-corrected chi connectivity index (χ4v) is 7.31. The summed E-state index contributed by atoms with van der Waals surface area (Å²) in [4.78, 5) is 95.1. The minimum Gasteiger partial charge on any atom is -0.464 e. The Kier molecular flexibility index (Phi) is 21.4. The van der Waals surface area contributed by atoms with Crippen molar-refractivity contribution in [1.82, 2.24) is 41.3 Å². The van der Waals surface area contributed by atoms with Crippen molar-refractivity contribution in [2.24, 2.45) is 22.6 Å². The average molecular weight is 949 g/mol. The first-order chi connectivity index (χ1) is 32.5. The number of nitrogens with zero attached hydrogens (tertiary/aromatic N) is 4. The van der Waals surface area contributed by atoms with E-state index in [-0.39, 0.29) is 69.0 Å². The van der Waals surface area contributed by atoms with Gasteiger partial charge in [0.05, 0.1) is 37.5 Å². The van der Waals surface area contributed by atoms with Gasteiger partial charge in [0.2, 0.25) is 17.8 Å². The molecule has 0 bridgehead atoms. The van der Waals surface area contributed by atoms with Crippen LogP contribution >= 0.6 is 0 Å². The van der Waals surface area contributed by atoms with Gasteiger partial charge in [-0.2, -0.15) is 0 Å². The SMILES string of the molecule is C=C(N)NCCC[C@H]1C(=O)N(C(=O)N2CCN(C(=O)NC(C)(C)C)CC2)C1C(=O)OCC.CCOC(=O)C1NC(=O)[C@@H]1CCCNC(=NCOCc1ccccc1)NC(=O)OCc1ccccc1. The lowest BCUT2D eigenvalue weighted by atomic mass is 9.83. The standard InChI is InChI=1S/C26H32N4O6.C21H36N6O5/c1-2-35-24(32)22-21(23(31)29-22)14-9-15-27-25(28-18-34-16-19-10-5-3-6-11-19)30-26(33)36-17-20-12-7-4-8-13-20;1-6-32-18(29)16-15(8-7-9-23-14(2)22)17(28)27(16)20(31)26-12-10-25(11-13-26)19(30)24-21(3,4)5/h3-8,10-13,21-22H,2,9,14-18H2,1H3,(H,29,31)(H2,27,28,30,33);15-16,23H,2,6-13,22H2,1,3-5H3,(H,24,30)/t21-,22?;15-,16?/m11/s1. The number of piperazine rings is 1. The smallest absolute Gasteiger partial charge is 0.414 e. The van der Waals surface area contributed by atoms with E-state index in [1.165, 1.54) is 4.90 Å².